The van der Waals surface area contributed by atoms with Gasteiger partial charge in [0.15, 0.2) is 0 Å². The van der Waals surface area contributed by atoms with E-state index in [-0.39, 0.29) is 18.1 Å². The topological polar surface area (TPSA) is 64.3 Å². The fourth-order valence-corrected chi connectivity index (χ4v) is 2.95. The van der Waals surface area contributed by atoms with Crippen LogP contribution in [0.2, 0.25) is 0 Å². The molecular weight excluding hydrogens is 252 g/mol. The first kappa shape index (κ1) is 14.9. The van der Waals surface area contributed by atoms with Crippen LogP contribution in [0.25, 0.3) is 0 Å². The Morgan fingerprint density at radius 1 is 1.45 bits per heavy atom. The summed E-state index contributed by atoms with van der Waals surface area (Å²) in [5.74, 6) is 0.615. The van der Waals surface area contributed by atoms with Crippen LogP contribution in [0.5, 0.6) is 5.75 Å². The van der Waals surface area contributed by atoms with Crippen LogP contribution in [0.15, 0.2) is 24.3 Å². The van der Waals surface area contributed by atoms with Crippen LogP contribution in [0, 0.1) is 6.92 Å². The Morgan fingerprint density at radius 3 is 2.75 bits per heavy atom. The van der Waals surface area contributed by atoms with E-state index < -0.39 is 5.54 Å². The molecule has 2 unspecified atom stereocenters. The average Bonchev–Trinajstić information content (AvgIpc) is 2.76. The van der Waals surface area contributed by atoms with E-state index in [9.17, 15) is 4.79 Å². The molecular formula is C16H24N2O2. The van der Waals surface area contributed by atoms with Crippen molar-refractivity contribution in [3.8, 4) is 5.75 Å². The number of para-hydroxylation sites is 1. The third-order valence-electron chi connectivity index (χ3n) is 3.89. The van der Waals surface area contributed by atoms with E-state index in [2.05, 4.69) is 5.32 Å². The summed E-state index contributed by atoms with van der Waals surface area (Å²) in [7, 11) is 0. The van der Waals surface area contributed by atoms with Crippen molar-refractivity contribution >= 4 is 5.91 Å². The van der Waals surface area contributed by atoms with Gasteiger partial charge < -0.3 is 15.8 Å². The van der Waals surface area contributed by atoms with E-state index in [1.165, 1.54) is 0 Å². The van der Waals surface area contributed by atoms with Crippen molar-refractivity contribution < 1.29 is 9.53 Å². The van der Waals surface area contributed by atoms with Gasteiger partial charge in [-0.05, 0) is 45.2 Å². The smallest absolute Gasteiger partial charge is 0.237 e. The Balaban J connectivity index is 2.07. The number of carbonyl (C=O) groups excluding carboxylic acids is 1. The predicted octanol–water partition coefficient (Wildman–Crippen LogP) is 2.15. The summed E-state index contributed by atoms with van der Waals surface area (Å²) in [4.78, 5) is 11.8. The van der Waals surface area contributed by atoms with Crippen molar-refractivity contribution in [2.75, 3.05) is 0 Å². The summed E-state index contributed by atoms with van der Waals surface area (Å²) in [6.07, 6.45) is 2.25. The molecule has 1 aromatic rings. The molecule has 0 spiro atoms. The van der Waals surface area contributed by atoms with E-state index in [1.807, 2.05) is 45.0 Å². The number of carbonyl (C=O) groups is 1. The van der Waals surface area contributed by atoms with Gasteiger partial charge in [0.1, 0.15) is 17.4 Å². The first-order valence-electron chi connectivity index (χ1n) is 7.23. The van der Waals surface area contributed by atoms with Crippen LogP contribution in [0.3, 0.4) is 0 Å². The molecule has 110 valence electrons. The molecule has 1 amide bonds. The maximum Gasteiger partial charge on any atom is 0.237 e. The molecule has 2 atom stereocenters. The Labute approximate surface area is 120 Å². The summed E-state index contributed by atoms with van der Waals surface area (Å²) in [5, 5.41) is 3.33. The van der Waals surface area contributed by atoms with Gasteiger partial charge in [-0.2, -0.15) is 0 Å². The third kappa shape index (κ3) is 3.12. The number of primary amides is 1. The largest absolute Gasteiger partial charge is 0.490 e. The second-order valence-corrected chi connectivity index (χ2v) is 5.99. The second kappa shape index (κ2) is 5.83. The zero-order chi connectivity index (χ0) is 14.8. The maximum atomic E-state index is 11.8. The first-order valence-corrected chi connectivity index (χ1v) is 7.23. The third-order valence-corrected chi connectivity index (χ3v) is 3.89. The van der Waals surface area contributed by atoms with Crippen LogP contribution in [-0.2, 0) is 4.79 Å². The summed E-state index contributed by atoms with van der Waals surface area (Å²) >= 11 is 0. The highest BCUT2D eigenvalue weighted by Gasteiger charge is 2.45. The summed E-state index contributed by atoms with van der Waals surface area (Å²) in [5.41, 5.74) is 6.10. The lowest BCUT2D eigenvalue weighted by Crippen LogP contribution is -2.56. The molecule has 1 aliphatic rings. The van der Waals surface area contributed by atoms with Gasteiger partial charge in [-0.1, -0.05) is 18.2 Å². The van der Waals surface area contributed by atoms with Gasteiger partial charge >= 0.3 is 0 Å². The Bertz CT molecular complexity index is 487. The molecule has 0 aromatic heterocycles. The molecule has 1 aliphatic carbocycles. The zero-order valence-electron chi connectivity index (χ0n) is 12.5. The molecule has 4 heteroatoms. The SMILES string of the molecule is Cc1ccccc1OC1CCC(NC(C)C)(C(N)=O)C1. The van der Waals surface area contributed by atoms with E-state index in [0.717, 1.165) is 24.2 Å². The monoisotopic (exact) mass is 276 g/mol. The molecule has 0 aliphatic heterocycles. The summed E-state index contributed by atoms with van der Waals surface area (Å²) in [6, 6.07) is 8.17. The number of hydrogen-bond acceptors (Lipinski definition) is 3. The predicted molar refractivity (Wildman–Crippen MR) is 79.6 cm³/mol. The van der Waals surface area contributed by atoms with Gasteiger partial charge in [-0.25, -0.2) is 0 Å². The minimum absolute atomic E-state index is 0.0369. The van der Waals surface area contributed by atoms with Gasteiger partial charge in [0, 0.05) is 12.5 Å². The van der Waals surface area contributed by atoms with Crippen LogP contribution in [-0.4, -0.2) is 23.6 Å². The Kier molecular flexibility index (Phi) is 4.33. The minimum Gasteiger partial charge on any atom is -0.490 e. The molecule has 1 aromatic carbocycles. The van der Waals surface area contributed by atoms with Gasteiger partial charge in [0.25, 0.3) is 0 Å². The fraction of sp³-hybridized carbons (Fsp3) is 0.562. The van der Waals surface area contributed by atoms with Crippen LogP contribution in [0.1, 0.15) is 38.7 Å². The Morgan fingerprint density at radius 2 is 2.15 bits per heavy atom. The number of nitrogens with one attached hydrogen (secondary N) is 1. The lowest BCUT2D eigenvalue weighted by atomic mass is 9.95. The highest BCUT2D eigenvalue weighted by atomic mass is 16.5. The molecule has 0 radical (unpaired) electrons. The standard InChI is InChI=1S/C16H24N2O2/c1-11(2)18-16(15(17)19)9-8-13(10-16)20-14-7-5-4-6-12(14)3/h4-7,11,13,18H,8-10H2,1-3H3,(H2,17,19). The van der Waals surface area contributed by atoms with Gasteiger partial charge in [-0.3, -0.25) is 4.79 Å². The molecule has 4 nitrogen and oxygen atoms in total. The number of nitrogens with two attached hydrogens (primary N) is 1. The summed E-state index contributed by atoms with van der Waals surface area (Å²) < 4.78 is 6.05. The molecule has 3 N–H and O–H groups in total. The lowest BCUT2D eigenvalue weighted by Gasteiger charge is -2.29. The number of rotatable bonds is 5. The number of ether oxygens (including phenoxy) is 1. The highest BCUT2D eigenvalue weighted by Crippen LogP contribution is 2.34. The molecule has 0 saturated heterocycles. The van der Waals surface area contributed by atoms with Crippen molar-refractivity contribution in [2.45, 2.75) is 57.7 Å². The van der Waals surface area contributed by atoms with E-state index in [4.69, 9.17) is 10.5 Å². The Hall–Kier alpha value is -1.55. The van der Waals surface area contributed by atoms with Crippen molar-refractivity contribution in [1.29, 1.82) is 0 Å². The fourth-order valence-electron chi connectivity index (χ4n) is 2.95. The molecule has 1 saturated carbocycles. The van der Waals surface area contributed by atoms with Gasteiger partial charge in [0.2, 0.25) is 5.91 Å². The van der Waals surface area contributed by atoms with Crippen molar-refractivity contribution in [3.63, 3.8) is 0 Å². The number of benzene rings is 1. The normalized spacial score (nSPS) is 25.9. The molecule has 1 fully saturated rings. The van der Waals surface area contributed by atoms with E-state index >= 15 is 0 Å². The molecule has 2 rings (SSSR count). The van der Waals surface area contributed by atoms with Gasteiger partial charge in [0.05, 0.1) is 0 Å². The second-order valence-electron chi connectivity index (χ2n) is 5.99. The van der Waals surface area contributed by atoms with Crippen molar-refractivity contribution in [1.82, 2.24) is 5.32 Å². The van der Waals surface area contributed by atoms with E-state index in [1.54, 1.807) is 0 Å². The average molecular weight is 276 g/mol. The number of aryl methyl sites for hydroxylation is 1. The highest BCUT2D eigenvalue weighted by molar-refractivity contribution is 5.85. The van der Waals surface area contributed by atoms with Crippen LogP contribution < -0.4 is 15.8 Å². The number of hydrogen-bond donors (Lipinski definition) is 2. The zero-order valence-corrected chi connectivity index (χ0v) is 12.5. The van der Waals surface area contributed by atoms with Crippen molar-refractivity contribution in [3.05, 3.63) is 29.8 Å². The lowest BCUT2D eigenvalue weighted by molar-refractivity contribution is -0.124. The first-order chi connectivity index (χ1) is 9.43. The van der Waals surface area contributed by atoms with E-state index in [0.29, 0.717) is 6.42 Å². The molecule has 0 bridgehead atoms. The molecule has 0 heterocycles. The minimum atomic E-state index is -0.623. The van der Waals surface area contributed by atoms with Crippen molar-refractivity contribution in [2.24, 2.45) is 5.73 Å². The van der Waals surface area contributed by atoms with Crippen LogP contribution in [0.4, 0.5) is 0 Å². The summed E-state index contributed by atoms with van der Waals surface area (Å²) in [6.45, 7) is 6.08. The van der Waals surface area contributed by atoms with Gasteiger partial charge in [-0.15, -0.1) is 0 Å². The quantitative estimate of drug-likeness (QED) is 0.866. The van der Waals surface area contributed by atoms with Crippen LogP contribution >= 0.6 is 0 Å². The maximum absolute atomic E-state index is 11.8. The number of amides is 1. The molecule has 20 heavy (non-hydrogen) atoms.